The first-order valence-electron chi connectivity index (χ1n) is 11.2. The van der Waals surface area contributed by atoms with E-state index in [-0.39, 0.29) is 36.1 Å². The Morgan fingerprint density at radius 3 is 2.42 bits per heavy atom. The lowest BCUT2D eigenvalue weighted by molar-refractivity contribution is -0.137. The van der Waals surface area contributed by atoms with Crippen LogP contribution in [-0.2, 0) is 6.18 Å². The summed E-state index contributed by atoms with van der Waals surface area (Å²) in [5, 5.41) is 12.7. The van der Waals surface area contributed by atoms with E-state index < -0.39 is 23.5 Å². The van der Waals surface area contributed by atoms with E-state index in [2.05, 4.69) is 5.32 Å². The van der Waals surface area contributed by atoms with Gasteiger partial charge in [-0.2, -0.15) is 13.2 Å². The summed E-state index contributed by atoms with van der Waals surface area (Å²) in [6.07, 6.45) is -4.62. The van der Waals surface area contributed by atoms with Gasteiger partial charge in [0.15, 0.2) is 0 Å². The van der Waals surface area contributed by atoms with Gasteiger partial charge < -0.3 is 19.9 Å². The number of halogens is 4. The highest BCUT2D eigenvalue weighted by atomic mass is 19.4. The maximum Gasteiger partial charge on any atom is 0.416 e. The van der Waals surface area contributed by atoms with Gasteiger partial charge in [-0.15, -0.1) is 0 Å². The minimum absolute atomic E-state index is 0.00134. The van der Waals surface area contributed by atoms with Gasteiger partial charge in [-0.1, -0.05) is 12.1 Å². The fraction of sp³-hybridized carbons (Fsp3) is 0.296. The summed E-state index contributed by atoms with van der Waals surface area (Å²) in [7, 11) is 1.44. The lowest BCUT2D eigenvalue weighted by Crippen LogP contribution is -2.24. The van der Waals surface area contributed by atoms with Crippen molar-refractivity contribution in [1.29, 1.82) is 0 Å². The summed E-state index contributed by atoms with van der Waals surface area (Å²) >= 11 is 0. The topological polar surface area (TPSA) is 67.8 Å². The molecular formula is C27H27F4NO4. The maximum atomic E-state index is 13.8. The van der Waals surface area contributed by atoms with Gasteiger partial charge in [0, 0.05) is 18.7 Å². The molecule has 0 saturated heterocycles. The van der Waals surface area contributed by atoms with Gasteiger partial charge in [-0.3, -0.25) is 0 Å². The number of hydrogen-bond donors (Lipinski definition) is 2. The Bertz CT molecular complexity index is 1260. The highest BCUT2D eigenvalue weighted by molar-refractivity contribution is 5.93. The number of aromatic carboxylic acids is 1. The van der Waals surface area contributed by atoms with Gasteiger partial charge >= 0.3 is 12.1 Å². The summed E-state index contributed by atoms with van der Waals surface area (Å²) in [6.45, 7) is 5.34. The molecule has 3 aromatic rings. The molecule has 3 rings (SSSR count). The van der Waals surface area contributed by atoms with Crippen molar-refractivity contribution in [3.05, 3.63) is 82.2 Å². The van der Waals surface area contributed by atoms with Crippen LogP contribution in [0.15, 0.2) is 48.5 Å². The fourth-order valence-electron chi connectivity index (χ4n) is 4.00. The Balaban J connectivity index is 1.80. The number of benzene rings is 3. The second-order valence-electron chi connectivity index (χ2n) is 8.43. The van der Waals surface area contributed by atoms with Gasteiger partial charge in [0.05, 0.1) is 18.2 Å². The van der Waals surface area contributed by atoms with Crippen LogP contribution in [0.2, 0.25) is 0 Å². The number of carboxylic acids is 1. The Morgan fingerprint density at radius 1 is 1.06 bits per heavy atom. The molecule has 0 spiro atoms. The van der Waals surface area contributed by atoms with Crippen LogP contribution in [0, 0.1) is 19.7 Å². The van der Waals surface area contributed by atoms with Gasteiger partial charge in [0.1, 0.15) is 23.9 Å². The average molecular weight is 506 g/mol. The Kier molecular flexibility index (Phi) is 8.24. The quantitative estimate of drug-likeness (QED) is 0.255. The van der Waals surface area contributed by atoms with Crippen molar-refractivity contribution in [3.63, 3.8) is 0 Å². The van der Waals surface area contributed by atoms with Crippen LogP contribution >= 0.6 is 0 Å². The number of alkyl halides is 3. The number of hydrogen-bond acceptors (Lipinski definition) is 4. The standard InChI is InChI=1S/C27H27F4NO4/c1-15-5-6-24(16(2)25(15)26(33)34)19-9-20(27(29,30)31)13-23(12-19)36-8-7-32-17(3)18-10-21(28)14-22(11-18)35-4/h5-6,9-14,17,32H,7-8H2,1-4H3,(H,33,34)/t17-/m1/s1. The molecule has 0 saturated carbocycles. The van der Waals surface area contributed by atoms with Gasteiger partial charge in [-0.25, -0.2) is 9.18 Å². The Morgan fingerprint density at radius 2 is 1.78 bits per heavy atom. The number of rotatable bonds is 9. The molecule has 0 aliphatic carbocycles. The molecule has 0 aromatic heterocycles. The lowest BCUT2D eigenvalue weighted by Gasteiger charge is -2.18. The van der Waals surface area contributed by atoms with Crippen molar-refractivity contribution in [2.45, 2.75) is 33.0 Å². The summed E-state index contributed by atoms with van der Waals surface area (Å²) < 4.78 is 65.3. The molecule has 3 aromatic carbocycles. The van der Waals surface area contributed by atoms with E-state index in [4.69, 9.17) is 9.47 Å². The third-order valence-corrected chi connectivity index (χ3v) is 5.88. The summed E-state index contributed by atoms with van der Waals surface area (Å²) in [6, 6.07) is 10.6. The molecule has 192 valence electrons. The van der Waals surface area contributed by atoms with Crippen LogP contribution in [-0.4, -0.2) is 31.3 Å². The molecule has 0 unspecified atom stereocenters. The largest absolute Gasteiger partial charge is 0.497 e. The number of carbonyl (C=O) groups is 1. The molecule has 2 N–H and O–H groups in total. The van der Waals surface area contributed by atoms with Crippen LogP contribution in [0.1, 0.15) is 45.6 Å². The highest BCUT2D eigenvalue weighted by Crippen LogP contribution is 2.37. The van der Waals surface area contributed by atoms with E-state index >= 15 is 0 Å². The normalized spacial score (nSPS) is 12.3. The molecule has 0 amide bonds. The number of aryl methyl sites for hydroxylation is 1. The fourth-order valence-corrected chi connectivity index (χ4v) is 4.00. The van der Waals surface area contributed by atoms with Gasteiger partial charge in [0.25, 0.3) is 0 Å². The molecule has 0 heterocycles. The lowest BCUT2D eigenvalue weighted by atomic mass is 9.92. The summed E-state index contributed by atoms with van der Waals surface area (Å²) in [5.74, 6) is -1.21. The van der Waals surface area contributed by atoms with E-state index in [1.54, 1.807) is 32.0 Å². The smallest absolute Gasteiger partial charge is 0.416 e. The first kappa shape index (κ1) is 27.0. The van der Waals surface area contributed by atoms with Crippen LogP contribution < -0.4 is 14.8 Å². The van der Waals surface area contributed by atoms with Crippen molar-refractivity contribution in [2.75, 3.05) is 20.3 Å². The van der Waals surface area contributed by atoms with E-state index in [0.717, 1.165) is 12.1 Å². The van der Waals surface area contributed by atoms with Crippen molar-refractivity contribution in [3.8, 4) is 22.6 Å². The molecule has 0 bridgehead atoms. The molecule has 36 heavy (non-hydrogen) atoms. The van der Waals surface area contributed by atoms with Crippen molar-refractivity contribution in [2.24, 2.45) is 0 Å². The summed E-state index contributed by atoms with van der Waals surface area (Å²) in [4.78, 5) is 11.7. The molecular weight excluding hydrogens is 478 g/mol. The van der Waals surface area contributed by atoms with Gasteiger partial charge in [0.2, 0.25) is 0 Å². The van der Waals surface area contributed by atoms with E-state index in [0.29, 0.717) is 28.0 Å². The number of ether oxygens (including phenoxy) is 2. The van der Waals surface area contributed by atoms with E-state index in [1.165, 1.54) is 25.3 Å². The molecule has 0 fully saturated rings. The number of methoxy groups -OCH3 is 1. The summed E-state index contributed by atoms with van der Waals surface area (Å²) in [5.41, 5.74) is 1.27. The zero-order valence-corrected chi connectivity index (χ0v) is 20.3. The zero-order valence-electron chi connectivity index (χ0n) is 20.3. The minimum Gasteiger partial charge on any atom is -0.497 e. The number of nitrogens with one attached hydrogen (secondary N) is 1. The van der Waals surface area contributed by atoms with E-state index in [1.807, 2.05) is 6.92 Å². The van der Waals surface area contributed by atoms with Crippen molar-refractivity contribution in [1.82, 2.24) is 5.32 Å². The predicted molar refractivity (Wildman–Crippen MR) is 128 cm³/mol. The van der Waals surface area contributed by atoms with Crippen LogP contribution in [0.3, 0.4) is 0 Å². The zero-order chi connectivity index (χ0) is 26.6. The number of carboxylic acid groups (broad SMARTS) is 1. The van der Waals surface area contributed by atoms with Crippen LogP contribution in [0.25, 0.3) is 11.1 Å². The van der Waals surface area contributed by atoms with Crippen molar-refractivity contribution < 1.29 is 36.9 Å². The minimum atomic E-state index is -4.62. The Labute approximate surface area is 206 Å². The van der Waals surface area contributed by atoms with Crippen LogP contribution in [0.4, 0.5) is 17.6 Å². The van der Waals surface area contributed by atoms with E-state index in [9.17, 15) is 27.5 Å². The second kappa shape index (κ2) is 11.0. The highest BCUT2D eigenvalue weighted by Gasteiger charge is 2.32. The van der Waals surface area contributed by atoms with Crippen LogP contribution in [0.5, 0.6) is 11.5 Å². The second-order valence-corrected chi connectivity index (χ2v) is 8.43. The molecule has 9 heteroatoms. The molecule has 0 aliphatic heterocycles. The predicted octanol–water partition coefficient (Wildman–Crippen LogP) is 6.56. The third-order valence-electron chi connectivity index (χ3n) is 5.88. The molecule has 0 aliphatic rings. The average Bonchev–Trinajstić information content (AvgIpc) is 2.80. The SMILES string of the molecule is COc1cc(F)cc([C@@H](C)NCCOc2cc(-c3ccc(C)c(C(=O)O)c3C)cc(C(F)(F)F)c2)c1. The Hall–Kier alpha value is -3.59. The maximum absolute atomic E-state index is 13.8. The monoisotopic (exact) mass is 505 g/mol. The molecule has 5 nitrogen and oxygen atoms in total. The third kappa shape index (κ3) is 6.34. The first-order valence-corrected chi connectivity index (χ1v) is 11.2. The van der Waals surface area contributed by atoms with Gasteiger partial charge in [-0.05, 0) is 78.9 Å². The molecule has 1 atom stereocenters. The first-order chi connectivity index (χ1) is 16.9. The van der Waals surface area contributed by atoms with Crippen molar-refractivity contribution >= 4 is 5.97 Å². The molecule has 0 radical (unpaired) electrons.